The summed E-state index contributed by atoms with van der Waals surface area (Å²) in [6.07, 6.45) is -4.81. The fourth-order valence-electron chi connectivity index (χ4n) is 1.64. The van der Waals surface area contributed by atoms with Gasteiger partial charge in [-0.2, -0.15) is 0 Å². The molecule has 0 fully saturated rings. The van der Waals surface area contributed by atoms with Crippen LogP contribution in [0.4, 0.5) is 18.3 Å². The Labute approximate surface area is 138 Å². The number of ether oxygens (including phenoxy) is 2. The lowest BCUT2D eigenvalue weighted by Gasteiger charge is -2.09. The lowest BCUT2D eigenvalue weighted by molar-refractivity contribution is -0.274. The van der Waals surface area contributed by atoms with Gasteiger partial charge in [-0.1, -0.05) is 0 Å². The molecule has 6 nitrogen and oxygen atoms in total. The molecule has 0 radical (unpaired) electrons. The minimum absolute atomic E-state index is 0.0215. The standard InChI is InChI=1S/C14H11F3N2O4S/c1-22-11(20)6-9-7-24-13(18-9)19-12(21)8-2-4-10(5-3-8)23-14(15,16)17/h2-5,7H,6H2,1H3,(H,18,19,21). The number of carbonyl (C=O) groups excluding carboxylic acids is 2. The molecule has 2 rings (SSSR count). The number of methoxy groups -OCH3 is 1. The van der Waals surface area contributed by atoms with Crippen molar-refractivity contribution in [3.05, 3.63) is 40.9 Å². The van der Waals surface area contributed by atoms with E-state index >= 15 is 0 Å². The molecular formula is C14H11F3N2O4S. The zero-order valence-corrected chi connectivity index (χ0v) is 13.0. The molecule has 0 aliphatic carbocycles. The topological polar surface area (TPSA) is 77.5 Å². The highest BCUT2D eigenvalue weighted by Crippen LogP contribution is 2.23. The SMILES string of the molecule is COC(=O)Cc1csc(NC(=O)c2ccc(OC(F)(F)F)cc2)n1. The van der Waals surface area contributed by atoms with Crippen molar-refractivity contribution in [1.29, 1.82) is 0 Å². The van der Waals surface area contributed by atoms with E-state index in [9.17, 15) is 22.8 Å². The van der Waals surface area contributed by atoms with Crippen LogP contribution in [0.5, 0.6) is 5.75 Å². The molecule has 0 bridgehead atoms. The Morgan fingerprint density at radius 3 is 2.50 bits per heavy atom. The molecule has 24 heavy (non-hydrogen) atoms. The fourth-order valence-corrected chi connectivity index (χ4v) is 2.35. The van der Waals surface area contributed by atoms with Crippen LogP contribution in [0.25, 0.3) is 0 Å². The fraction of sp³-hybridized carbons (Fsp3) is 0.214. The van der Waals surface area contributed by atoms with Gasteiger partial charge in [0.25, 0.3) is 5.91 Å². The predicted molar refractivity (Wildman–Crippen MR) is 78.9 cm³/mol. The van der Waals surface area contributed by atoms with E-state index in [-0.39, 0.29) is 17.1 Å². The summed E-state index contributed by atoms with van der Waals surface area (Å²) in [6, 6.07) is 4.46. The van der Waals surface area contributed by atoms with Crippen LogP contribution in [0, 0.1) is 0 Å². The summed E-state index contributed by atoms with van der Waals surface area (Å²) in [5.74, 6) is -1.43. The number of hydrogen-bond donors (Lipinski definition) is 1. The summed E-state index contributed by atoms with van der Waals surface area (Å²) in [5, 5.41) is 4.34. The Bertz CT molecular complexity index is 728. The number of carbonyl (C=O) groups is 2. The first-order chi connectivity index (χ1) is 11.3. The number of halogens is 3. The average molecular weight is 360 g/mol. The molecule has 0 aliphatic rings. The smallest absolute Gasteiger partial charge is 0.469 e. The monoisotopic (exact) mass is 360 g/mol. The molecule has 1 aromatic heterocycles. The van der Waals surface area contributed by atoms with Crippen LogP contribution in [-0.2, 0) is 16.0 Å². The highest BCUT2D eigenvalue weighted by Gasteiger charge is 2.31. The van der Waals surface area contributed by atoms with Crippen LogP contribution in [-0.4, -0.2) is 30.3 Å². The molecule has 0 atom stereocenters. The van der Waals surface area contributed by atoms with Crippen molar-refractivity contribution in [2.24, 2.45) is 0 Å². The third-order valence-electron chi connectivity index (χ3n) is 2.68. The molecule has 1 aromatic carbocycles. The number of benzene rings is 1. The van der Waals surface area contributed by atoms with E-state index in [2.05, 4.69) is 19.8 Å². The Morgan fingerprint density at radius 1 is 1.25 bits per heavy atom. The molecule has 0 saturated heterocycles. The molecule has 128 valence electrons. The maximum absolute atomic E-state index is 12.1. The number of nitrogens with zero attached hydrogens (tertiary/aromatic N) is 1. The second kappa shape index (κ2) is 7.30. The van der Waals surface area contributed by atoms with Crippen LogP contribution in [0.3, 0.4) is 0 Å². The van der Waals surface area contributed by atoms with E-state index in [1.54, 1.807) is 5.38 Å². The summed E-state index contributed by atoms with van der Waals surface area (Å²) in [5.41, 5.74) is 0.574. The lowest BCUT2D eigenvalue weighted by atomic mass is 10.2. The first-order valence-electron chi connectivity index (χ1n) is 6.45. The maximum atomic E-state index is 12.1. The zero-order valence-electron chi connectivity index (χ0n) is 12.2. The van der Waals surface area contributed by atoms with E-state index in [0.717, 1.165) is 23.5 Å². The van der Waals surface area contributed by atoms with Crippen LogP contribution in [0.2, 0.25) is 0 Å². The van der Waals surface area contributed by atoms with Gasteiger partial charge in [-0.3, -0.25) is 14.9 Å². The molecule has 1 N–H and O–H groups in total. The number of nitrogens with one attached hydrogen (secondary N) is 1. The number of rotatable bonds is 5. The highest BCUT2D eigenvalue weighted by atomic mass is 32.1. The second-order valence-corrected chi connectivity index (χ2v) is 5.28. The number of aromatic nitrogens is 1. The number of alkyl halides is 3. The predicted octanol–water partition coefficient (Wildman–Crippen LogP) is 3.01. The van der Waals surface area contributed by atoms with Crippen LogP contribution >= 0.6 is 11.3 Å². The van der Waals surface area contributed by atoms with Crippen molar-refractivity contribution in [2.45, 2.75) is 12.8 Å². The second-order valence-electron chi connectivity index (χ2n) is 4.42. The summed E-state index contributed by atoms with van der Waals surface area (Å²) in [7, 11) is 1.25. The van der Waals surface area contributed by atoms with Gasteiger partial charge in [0.1, 0.15) is 5.75 Å². The highest BCUT2D eigenvalue weighted by molar-refractivity contribution is 7.14. The lowest BCUT2D eigenvalue weighted by Crippen LogP contribution is -2.17. The van der Waals surface area contributed by atoms with Gasteiger partial charge in [0.2, 0.25) is 0 Å². The van der Waals surface area contributed by atoms with E-state index in [0.29, 0.717) is 5.69 Å². The summed E-state index contributed by atoms with van der Waals surface area (Å²) >= 11 is 1.11. The average Bonchev–Trinajstić information content (AvgIpc) is 2.93. The van der Waals surface area contributed by atoms with Crippen molar-refractivity contribution in [2.75, 3.05) is 12.4 Å². The van der Waals surface area contributed by atoms with Crippen LogP contribution < -0.4 is 10.1 Å². The third-order valence-corrected chi connectivity index (χ3v) is 3.48. The third kappa shape index (κ3) is 5.23. The van der Waals surface area contributed by atoms with E-state index < -0.39 is 24.0 Å². The maximum Gasteiger partial charge on any atom is 0.573 e. The van der Waals surface area contributed by atoms with Gasteiger partial charge in [-0.05, 0) is 24.3 Å². The zero-order chi connectivity index (χ0) is 17.7. The van der Waals surface area contributed by atoms with Gasteiger partial charge in [-0.15, -0.1) is 24.5 Å². The molecular weight excluding hydrogens is 349 g/mol. The van der Waals surface area contributed by atoms with Crippen molar-refractivity contribution < 1.29 is 32.2 Å². The van der Waals surface area contributed by atoms with Gasteiger partial charge in [0, 0.05) is 10.9 Å². The Balaban J connectivity index is 1.98. The van der Waals surface area contributed by atoms with E-state index in [4.69, 9.17) is 0 Å². The molecule has 0 unspecified atom stereocenters. The minimum atomic E-state index is -4.79. The van der Waals surface area contributed by atoms with Gasteiger partial charge in [0.05, 0.1) is 19.2 Å². The minimum Gasteiger partial charge on any atom is -0.469 e. The molecule has 0 spiro atoms. The number of anilines is 1. The van der Waals surface area contributed by atoms with Gasteiger partial charge >= 0.3 is 12.3 Å². The van der Waals surface area contributed by atoms with E-state index in [1.165, 1.54) is 19.2 Å². The summed E-state index contributed by atoms with van der Waals surface area (Å²) in [4.78, 5) is 27.2. The Morgan fingerprint density at radius 2 is 1.92 bits per heavy atom. The molecule has 0 saturated carbocycles. The Hall–Kier alpha value is -2.62. The first-order valence-corrected chi connectivity index (χ1v) is 7.33. The van der Waals surface area contributed by atoms with Crippen molar-refractivity contribution >= 4 is 28.3 Å². The molecule has 0 aliphatic heterocycles. The molecule has 1 heterocycles. The van der Waals surface area contributed by atoms with Gasteiger partial charge < -0.3 is 9.47 Å². The number of hydrogen-bond acceptors (Lipinski definition) is 6. The number of thiazole rings is 1. The van der Waals surface area contributed by atoms with Crippen molar-refractivity contribution in [3.8, 4) is 5.75 Å². The number of amides is 1. The first kappa shape index (κ1) is 17.7. The quantitative estimate of drug-likeness (QED) is 0.830. The Kier molecular flexibility index (Phi) is 5.39. The number of esters is 1. The van der Waals surface area contributed by atoms with Crippen molar-refractivity contribution in [1.82, 2.24) is 4.98 Å². The molecule has 1 amide bonds. The van der Waals surface area contributed by atoms with Gasteiger partial charge in [0.15, 0.2) is 5.13 Å². The normalized spacial score (nSPS) is 11.0. The summed E-state index contributed by atoms with van der Waals surface area (Å²) < 4.78 is 44.4. The molecule has 10 heteroatoms. The van der Waals surface area contributed by atoms with E-state index in [1.807, 2.05) is 0 Å². The van der Waals surface area contributed by atoms with Gasteiger partial charge in [-0.25, -0.2) is 4.98 Å². The van der Waals surface area contributed by atoms with Crippen molar-refractivity contribution in [3.63, 3.8) is 0 Å². The molecule has 2 aromatic rings. The van der Waals surface area contributed by atoms with Crippen LogP contribution in [0.1, 0.15) is 16.1 Å². The summed E-state index contributed by atoms with van der Waals surface area (Å²) in [6.45, 7) is 0. The largest absolute Gasteiger partial charge is 0.573 e. The van der Waals surface area contributed by atoms with Crippen LogP contribution in [0.15, 0.2) is 29.6 Å².